The third kappa shape index (κ3) is 3.14. The fraction of sp³-hybridized carbons (Fsp3) is 0.167. The third-order valence-electron chi connectivity index (χ3n) is 4.21. The van der Waals surface area contributed by atoms with Crippen molar-refractivity contribution in [3.63, 3.8) is 0 Å². The van der Waals surface area contributed by atoms with Crippen molar-refractivity contribution < 1.29 is 13.2 Å². The van der Waals surface area contributed by atoms with E-state index in [1.807, 2.05) is 6.07 Å². The van der Waals surface area contributed by atoms with Crippen LogP contribution in [0.2, 0.25) is 0 Å². The lowest BCUT2D eigenvalue weighted by atomic mass is 10.2. The summed E-state index contributed by atoms with van der Waals surface area (Å²) in [6.45, 7) is 0.299. The summed E-state index contributed by atoms with van der Waals surface area (Å²) in [4.78, 5) is 20.7. The Morgan fingerprint density at radius 1 is 1.19 bits per heavy atom. The van der Waals surface area contributed by atoms with Gasteiger partial charge in [-0.3, -0.25) is 14.1 Å². The monoisotopic (exact) mass is 390 g/mol. The summed E-state index contributed by atoms with van der Waals surface area (Å²) in [5, 5.41) is 0. The molecule has 0 N–H and O–H groups in total. The standard InChI is InChI=1S/C18H13F3N4OS/c1-24-16-13(25(17(24)26)10-11-3-2-6-22-8-11)7-12(9-23-16)14-4-5-15(27-14)18(19,20)21/h2-9H,10H2,1H3. The van der Waals surface area contributed by atoms with E-state index in [0.29, 0.717) is 39.5 Å². The maximum atomic E-state index is 12.9. The predicted octanol–water partition coefficient (Wildman–Crippen LogP) is 3.93. The van der Waals surface area contributed by atoms with Gasteiger partial charge in [-0.05, 0) is 29.8 Å². The maximum absolute atomic E-state index is 12.9. The number of imidazole rings is 1. The van der Waals surface area contributed by atoms with Gasteiger partial charge in [0.2, 0.25) is 0 Å². The van der Waals surface area contributed by atoms with Gasteiger partial charge in [-0.1, -0.05) is 6.07 Å². The molecule has 4 aromatic heterocycles. The zero-order chi connectivity index (χ0) is 19.2. The minimum atomic E-state index is -4.38. The van der Waals surface area contributed by atoms with E-state index in [0.717, 1.165) is 11.6 Å². The lowest BCUT2D eigenvalue weighted by Gasteiger charge is -2.04. The van der Waals surface area contributed by atoms with Crippen molar-refractivity contribution in [1.29, 1.82) is 0 Å². The summed E-state index contributed by atoms with van der Waals surface area (Å²) in [6.07, 6.45) is 0.416. The number of rotatable bonds is 3. The zero-order valence-corrected chi connectivity index (χ0v) is 14.9. The Kier molecular flexibility index (Phi) is 4.11. The molecule has 27 heavy (non-hydrogen) atoms. The molecule has 4 aromatic rings. The molecule has 0 radical (unpaired) electrons. The minimum absolute atomic E-state index is 0.249. The highest BCUT2D eigenvalue weighted by molar-refractivity contribution is 7.15. The molecule has 0 bridgehead atoms. The fourth-order valence-corrected chi connectivity index (χ4v) is 3.74. The molecule has 0 aromatic carbocycles. The van der Waals surface area contributed by atoms with Gasteiger partial charge in [-0.25, -0.2) is 9.78 Å². The highest BCUT2D eigenvalue weighted by Gasteiger charge is 2.32. The predicted molar refractivity (Wildman–Crippen MR) is 96.6 cm³/mol. The zero-order valence-electron chi connectivity index (χ0n) is 14.1. The average molecular weight is 390 g/mol. The fourth-order valence-electron chi connectivity index (χ4n) is 2.88. The van der Waals surface area contributed by atoms with Crippen molar-refractivity contribution >= 4 is 22.5 Å². The molecule has 0 spiro atoms. The number of hydrogen-bond acceptors (Lipinski definition) is 4. The third-order valence-corrected chi connectivity index (χ3v) is 5.39. The highest BCUT2D eigenvalue weighted by atomic mass is 32.1. The van der Waals surface area contributed by atoms with Crippen LogP contribution in [0.3, 0.4) is 0 Å². The summed E-state index contributed by atoms with van der Waals surface area (Å²) in [5.41, 5.74) is 2.16. The van der Waals surface area contributed by atoms with Crippen molar-refractivity contribution in [2.45, 2.75) is 12.7 Å². The smallest absolute Gasteiger partial charge is 0.286 e. The second-order valence-corrected chi connectivity index (χ2v) is 7.10. The van der Waals surface area contributed by atoms with Crippen LogP contribution in [0.25, 0.3) is 21.6 Å². The SMILES string of the molecule is Cn1c(=O)n(Cc2cccnc2)c2cc(-c3ccc(C(F)(F)F)s3)cnc21. The lowest BCUT2D eigenvalue weighted by molar-refractivity contribution is -0.134. The molecule has 4 rings (SSSR count). The molecule has 4 heterocycles. The normalized spacial score (nSPS) is 12.0. The Bertz CT molecular complexity index is 1180. The molecule has 0 aliphatic rings. The molecule has 0 aliphatic carbocycles. The second kappa shape index (κ2) is 6.34. The first-order valence-electron chi connectivity index (χ1n) is 7.96. The van der Waals surface area contributed by atoms with Crippen LogP contribution in [-0.2, 0) is 19.8 Å². The molecule has 0 saturated carbocycles. The summed E-state index contributed by atoms with van der Waals surface area (Å²) in [7, 11) is 1.62. The maximum Gasteiger partial charge on any atom is 0.425 e. The molecule has 0 unspecified atom stereocenters. The van der Waals surface area contributed by atoms with Gasteiger partial charge >= 0.3 is 11.9 Å². The molecule has 5 nitrogen and oxygen atoms in total. The van der Waals surface area contributed by atoms with E-state index in [2.05, 4.69) is 9.97 Å². The first-order chi connectivity index (χ1) is 12.8. The van der Waals surface area contributed by atoms with Gasteiger partial charge in [0.25, 0.3) is 0 Å². The van der Waals surface area contributed by atoms with Crippen LogP contribution in [-0.4, -0.2) is 19.1 Å². The molecule has 0 aliphatic heterocycles. The van der Waals surface area contributed by atoms with Crippen LogP contribution in [0.1, 0.15) is 10.4 Å². The summed E-state index contributed by atoms with van der Waals surface area (Å²) in [5.74, 6) is 0. The van der Waals surface area contributed by atoms with Crippen molar-refractivity contribution in [3.05, 3.63) is 69.8 Å². The number of aromatic nitrogens is 4. The van der Waals surface area contributed by atoms with Gasteiger partial charge in [0.15, 0.2) is 5.65 Å². The summed E-state index contributed by atoms with van der Waals surface area (Å²) >= 11 is 0.653. The van der Waals surface area contributed by atoms with E-state index in [4.69, 9.17) is 0 Å². The largest absolute Gasteiger partial charge is 0.425 e. The summed E-state index contributed by atoms with van der Waals surface area (Å²) in [6, 6.07) is 7.80. The molecule has 9 heteroatoms. The number of nitrogens with zero attached hydrogens (tertiary/aromatic N) is 4. The van der Waals surface area contributed by atoms with Crippen molar-refractivity contribution in [3.8, 4) is 10.4 Å². The highest BCUT2D eigenvalue weighted by Crippen LogP contribution is 2.38. The van der Waals surface area contributed by atoms with Crippen LogP contribution in [0, 0.1) is 0 Å². The molecule has 0 saturated heterocycles. The van der Waals surface area contributed by atoms with E-state index in [1.54, 1.807) is 36.1 Å². The molecule has 0 fully saturated rings. The number of alkyl halides is 3. The van der Waals surface area contributed by atoms with Gasteiger partial charge in [0, 0.05) is 36.1 Å². The average Bonchev–Trinajstić information content (AvgIpc) is 3.23. The van der Waals surface area contributed by atoms with Gasteiger partial charge in [-0.2, -0.15) is 13.2 Å². The quantitative estimate of drug-likeness (QED) is 0.533. The molecule has 138 valence electrons. The Labute approximate surface area is 155 Å². The second-order valence-electron chi connectivity index (χ2n) is 6.02. The number of thiophene rings is 1. The minimum Gasteiger partial charge on any atom is -0.286 e. The Balaban J connectivity index is 1.83. The number of fused-ring (bicyclic) bond motifs is 1. The first-order valence-corrected chi connectivity index (χ1v) is 8.78. The Morgan fingerprint density at radius 2 is 2.00 bits per heavy atom. The van der Waals surface area contributed by atoms with Crippen molar-refractivity contribution in [2.75, 3.05) is 0 Å². The first kappa shape index (κ1) is 17.5. The van der Waals surface area contributed by atoms with E-state index in [9.17, 15) is 18.0 Å². The van der Waals surface area contributed by atoms with Crippen molar-refractivity contribution in [1.82, 2.24) is 19.1 Å². The van der Waals surface area contributed by atoms with Crippen LogP contribution in [0.4, 0.5) is 13.2 Å². The lowest BCUT2D eigenvalue weighted by Crippen LogP contribution is -2.22. The van der Waals surface area contributed by atoms with Gasteiger partial charge in [0.05, 0.1) is 12.1 Å². The van der Waals surface area contributed by atoms with E-state index in [1.165, 1.54) is 16.8 Å². The van der Waals surface area contributed by atoms with Crippen LogP contribution in [0.15, 0.2) is 53.7 Å². The molecular formula is C18H13F3N4OS. The summed E-state index contributed by atoms with van der Waals surface area (Å²) < 4.78 is 41.6. The van der Waals surface area contributed by atoms with E-state index >= 15 is 0 Å². The van der Waals surface area contributed by atoms with Gasteiger partial charge in [0.1, 0.15) is 4.88 Å². The topological polar surface area (TPSA) is 52.7 Å². The Hall–Kier alpha value is -2.94. The molecule has 0 amide bonds. The van der Waals surface area contributed by atoms with Gasteiger partial charge in [-0.15, -0.1) is 11.3 Å². The number of hydrogen-bond donors (Lipinski definition) is 0. The van der Waals surface area contributed by atoms with Crippen molar-refractivity contribution in [2.24, 2.45) is 7.05 Å². The van der Waals surface area contributed by atoms with E-state index in [-0.39, 0.29) is 5.69 Å². The number of aryl methyl sites for hydroxylation is 1. The Morgan fingerprint density at radius 3 is 2.67 bits per heavy atom. The van der Waals surface area contributed by atoms with Gasteiger partial charge < -0.3 is 0 Å². The van der Waals surface area contributed by atoms with Crippen LogP contribution < -0.4 is 5.69 Å². The number of pyridine rings is 2. The molecular weight excluding hydrogens is 377 g/mol. The van der Waals surface area contributed by atoms with Crippen LogP contribution >= 0.6 is 11.3 Å². The molecule has 0 atom stereocenters. The van der Waals surface area contributed by atoms with E-state index < -0.39 is 11.1 Å². The number of halogens is 3. The van der Waals surface area contributed by atoms with Crippen LogP contribution in [0.5, 0.6) is 0 Å².